The average molecular weight is 298 g/mol. The van der Waals surface area contributed by atoms with Crippen LogP contribution in [0.4, 0.5) is 4.79 Å². The van der Waals surface area contributed by atoms with Crippen molar-refractivity contribution in [3.8, 4) is 0 Å². The molecule has 102 valence electrons. The van der Waals surface area contributed by atoms with Crippen LogP contribution in [0.25, 0.3) is 0 Å². The molecule has 4 rings (SSSR count). The molecule has 0 saturated carbocycles. The summed E-state index contributed by atoms with van der Waals surface area (Å²) in [4.78, 5) is 11.4. The van der Waals surface area contributed by atoms with Gasteiger partial charge in [-0.05, 0) is 13.3 Å². The molecule has 2 bridgehead atoms. The van der Waals surface area contributed by atoms with Crippen LogP contribution in [-0.4, -0.2) is 53.6 Å². The number of rotatable bonds is 1. The zero-order chi connectivity index (χ0) is 13.5. The lowest BCUT2D eigenvalue weighted by atomic mass is 9.73. The molecule has 0 spiro atoms. The molecule has 0 aromatic rings. The number of carbonyl (C=O) groups is 1. The van der Waals surface area contributed by atoms with Gasteiger partial charge in [0.25, 0.3) is 0 Å². The summed E-state index contributed by atoms with van der Waals surface area (Å²) in [6.45, 7) is 4.65. The third-order valence-electron chi connectivity index (χ3n) is 5.83. The minimum Gasteiger partial charge on any atom is -0.422 e. The molecule has 5 heteroatoms. The second-order valence-electron chi connectivity index (χ2n) is 6.30. The highest BCUT2D eigenvalue weighted by molar-refractivity contribution is 7.60. The normalized spacial score (nSPS) is 57.9. The van der Waals surface area contributed by atoms with Crippen molar-refractivity contribution in [2.45, 2.75) is 55.1 Å². The minimum absolute atomic E-state index is 0.00353. The van der Waals surface area contributed by atoms with E-state index in [-0.39, 0.29) is 27.3 Å². The Labute approximate surface area is 115 Å². The summed E-state index contributed by atoms with van der Waals surface area (Å²) in [6.07, 6.45) is 9.71. The Hall–Kier alpha value is -0.390. The highest BCUT2D eigenvalue weighted by Gasteiger charge is 2.80. The molecule has 0 amide bonds. The van der Waals surface area contributed by atoms with Gasteiger partial charge in [0.05, 0.1) is 32.0 Å². The molecule has 0 aliphatic carbocycles. The first-order valence-electron chi connectivity index (χ1n) is 7.11. The van der Waals surface area contributed by atoms with Gasteiger partial charge in [-0.25, -0.2) is 4.79 Å². The Kier molecular flexibility index (Phi) is 2.49. The molecule has 4 aliphatic rings. The Balaban J connectivity index is 1.78. The van der Waals surface area contributed by atoms with E-state index in [4.69, 9.17) is 9.47 Å². The van der Waals surface area contributed by atoms with Crippen molar-refractivity contribution in [1.29, 1.82) is 0 Å². The number of fused-ring (bicyclic) bond motifs is 8. The smallest absolute Gasteiger partial charge is 0.422 e. The molecule has 10 unspecified atom stereocenters. The SMILES string of the molecule is C=[P+]1C(C)C2C(C1CC)C1C3OC(=O)OC3C2[P+]1=C. The van der Waals surface area contributed by atoms with Crippen molar-refractivity contribution >= 4 is 33.8 Å². The zero-order valence-corrected chi connectivity index (χ0v) is 13.1. The lowest BCUT2D eigenvalue weighted by molar-refractivity contribution is 0.0828. The van der Waals surface area contributed by atoms with Crippen molar-refractivity contribution in [3.63, 3.8) is 0 Å². The van der Waals surface area contributed by atoms with Crippen molar-refractivity contribution in [2.75, 3.05) is 0 Å². The summed E-state index contributed by atoms with van der Waals surface area (Å²) in [5, 5.41) is 0. The molecular weight excluding hydrogens is 278 g/mol. The van der Waals surface area contributed by atoms with E-state index >= 15 is 0 Å². The van der Waals surface area contributed by atoms with Crippen molar-refractivity contribution in [3.05, 3.63) is 0 Å². The summed E-state index contributed by atoms with van der Waals surface area (Å²) in [7, 11) is -0.458. The van der Waals surface area contributed by atoms with Crippen molar-refractivity contribution in [1.82, 2.24) is 0 Å². The van der Waals surface area contributed by atoms with E-state index in [1.807, 2.05) is 0 Å². The van der Waals surface area contributed by atoms with Crippen LogP contribution < -0.4 is 0 Å². The van der Waals surface area contributed by atoms with E-state index < -0.39 is 6.16 Å². The van der Waals surface area contributed by atoms with Crippen molar-refractivity contribution < 1.29 is 14.3 Å². The lowest BCUT2D eigenvalue weighted by Crippen LogP contribution is -2.47. The summed E-state index contributed by atoms with van der Waals surface area (Å²) in [5.41, 5.74) is 2.37. The molecule has 4 fully saturated rings. The lowest BCUT2D eigenvalue weighted by Gasteiger charge is -2.25. The Morgan fingerprint density at radius 1 is 1.11 bits per heavy atom. The molecule has 19 heavy (non-hydrogen) atoms. The van der Waals surface area contributed by atoms with E-state index in [1.165, 1.54) is 6.42 Å². The third kappa shape index (κ3) is 1.29. The maximum absolute atomic E-state index is 11.4. The monoisotopic (exact) mass is 298 g/mol. The number of carbonyl (C=O) groups excluding carboxylic acids is 1. The Morgan fingerprint density at radius 2 is 1.68 bits per heavy atom. The second-order valence-corrected chi connectivity index (χ2v) is 11.0. The fourth-order valence-corrected chi connectivity index (χ4v) is 11.5. The molecule has 4 saturated heterocycles. The molecule has 4 aliphatic heterocycles. The third-order valence-corrected chi connectivity index (χ3v) is 11.6. The van der Waals surface area contributed by atoms with Crippen LogP contribution in [0.5, 0.6) is 0 Å². The van der Waals surface area contributed by atoms with Gasteiger partial charge in [-0.15, -0.1) is 0 Å². The first-order valence-corrected chi connectivity index (χ1v) is 10.4. The first kappa shape index (κ1) is 12.4. The topological polar surface area (TPSA) is 35.5 Å². The number of hydrogen-bond donors (Lipinski definition) is 0. The maximum Gasteiger partial charge on any atom is 0.509 e. The van der Waals surface area contributed by atoms with Gasteiger partial charge in [0, 0.05) is 0 Å². The van der Waals surface area contributed by atoms with Gasteiger partial charge in [-0.3, -0.25) is 0 Å². The van der Waals surface area contributed by atoms with Crippen LogP contribution in [-0.2, 0) is 9.47 Å². The van der Waals surface area contributed by atoms with Crippen LogP contribution in [0.3, 0.4) is 0 Å². The highest BCUT2D eigenvalue weighted by Crippen LogP contribution is 2.73. The van der Waals surface area contributed by atoms with E-state index in [0.717, 1.165) is 5.66 Å². The standard InChI is InChI=1S/C14H20O3P2/c1-5-7-9-8(6(2)18(7)3)12-10-11(13(9)19(12)4)17-14(15)16-10/h6-13H,3-5H2,1-2H3/q+2. The average Bonchev–Trinajstić information content (AvgIpc) is 3.00. The van der Waals surface area contributed by atoms with Crippen LogP contribution in [0.1, 0.15) is 20.3 Å². The van der Waals surface area contributed by atoms with Gasteiger partial charge in [0.1, 0.15) is 18.9 Å². The van der Waals surface area contributed by atoms with Gasteiger partial charge in [-0.2, -0.15) is 0 Å². The minimum atomic E-state index is -0.453. The Morgan fingerprint density at radius 3 is 2.26 bits per heavy atom. The molecule has 0 N–H and O–H groups in total. The molecule has 0 aromatic heterocycles. The number of hydrogen-bond acceptors (Lipinski definition) is 3. The molecule has 0 radical (unpaired) electrons. The van der Waals surface area contributed by atoms with E-state index in [1.54, 1.807) is 0 Å². The molecule has 3 nitrogen and oxygen atoms in total. The van der Waals surface area contributed by atoms with Crippen LogP contribution in [0, 0.1) is 11.8 Å². The maximum atomic E-state index is 11.4. The van der Waals surface area contributed by atoms with Crippen LogP contribution in [0.15, 0.2) is 0 Å². The van der Waals surface area contributed by atoms with E-state index in [9.17, 15) is 4.79 Å². The fraction of sp³-hybridized carbons (Fsp3) is 0.786. The van der Waals surface area contributed by atoms with E-state index in [2.05, 4.69) is 26.4 Å². The first-order chi connectivity index (χ1) is 9.06. The van der Waals surface area contributed by atoms with Gasteiger partial charge >= 0.3 is 6.16 Å². The van der Waals surface area contributed by atoms with E-state index in [0.29, 0.717) is 28.8 Å². The second kappa shape index (κ2) is 3.83. The fourth-order valence-electron chi connectivity index (χ4n) is 5.17. The van der Waals surface area contributed by atoms with Gasteiger partial charge < -0.3 is 9.47 Å². The predicted octanol–water partition coefficient (Wildman–Crippen LogP) is 2.90. The van der Waals surface area contributed by atoms with Crippen molar-refractivity contribution in [2.24, 2.45) is 11.8 Å². The quantitative estimate of drug-likeness (QED) is 0.551. The molecular formula is C14H20O3P2+2. The van der Waals surface area contributed by atoms with Crippen LogP contribution >= 0.6 is 15.1 Å². The summed E-state index contributed by atoms with van der Waals surface area (Å²) < 4.78 is 10.9. The van der Waals surface area contributed by atoms with Crippen LogP contribution in [0.2, 0.25) is 0 Å². The summed E-state index contributed by atoms with van der Waals surface area (Å²) in [5.74, 6) is 1.37. The predicted molar refractivity (Wildman–Crippen MR) is 81.3 cm³/mol. The molecule has 0 aromatic carbocycles. The van der Waals surface area contributed by atoms with Gasteiger partial charge in [0.2, 0.25) is 0 Å². The summed E-state index contributed by atoms with van der Waals surface area (Å²) >= 11 is 0. The van der Waals surface area contributed by atoms with Gasteiger partial charge in [-0.1, -0.05) is 6.92 Å². The molecule has 4 heterocycles. The zero-order valence-electron chi connectivity index (χ0n) is 11.4. The summed E-state index contributed by atoms with van der Waals surface area (Å²) in [6, 6.07) is 0. The van der Waals surface area contributed by atoms with Gasteiger partial charge in [0.15, 0.2) is 23.5 Å². The number of ether oxygens (including phenoxy) is 2. The Bertz CT molecular complexity index is 503. The highest BCUT2D eigenvalue weighted by atomic mass is 31.1. The largest absolute Gasteiger partial charge is 0.509 e. The molecule has 10 atom stereocenters.